The van der Waals surface area contributed by atoms with Crippen LogP contribution in [0, 0.1) is 0 Å². The van der Waals surface area contributed by atoms with Crippen molar-refractivity contribution in [2.24, 2.45) is 0 Å². The van der Waals surface area contributed by atoms with Crippen LogP contribution in [0.1, 0.15) is 29.9 Å². The molecule has 0 aromatic heterocycles. The fourth-order valence-corrected chi connectivity index (χ4v) is 4.48. The van der Waals surface area contributed by atoms with Crippen LogP contribution in [0.15, 0.2) is 91.0 Å². The molecule has 2 heterocycles. The summed E-state index contributed by atoms with van der Waals surface area (Å²) in [5, 5.41) is 0. The molecule has 2 aliphatic rings. The number of ether oxygens (including phenoxy) is 6. The van der Waals surface area contributed by atoms with Gasteiger partial charge in [-0.2, -0.15) is 0 Å². The molecule has 0 radical (unpaired) electrons. The first-order valence-electron chi connectivity index (χ1n) is 12.1. The Morgan fingerprint density at radius 1 is 0.778 bits per heavy atom. The quantitative estimate of drug-likeness (QED) is 0.429. The summed E-state index contributed by atoms with van der Waals surface area (Å²) in [6.45, 7) is 2.25. The van der Waals surface area contributed by atoms with Crippen LogP contribution in [0.3, 0.4) is 0 Å². The van der Waals surface area contributed by atoms with Gasteiger partial charge >= 0.3 is 5.97 Å². The monoisotopic (exact) mass is 490 g/mol. The number of rotatable bonds is 8. The molecule has 36 heavy (non-hydrogen) atoms. The lowest BCUT2D eigenvalue weighted by Crippen LogP contribution is -2.63. The van der Waals surface area contributed by atoms with Crippen molar-refractivity contribution < 1.29 is 33.2 Å². The summed E-state index contributed by atoms with van der Waals surface area (Å²) in [5.41, 5.74) is 2.90. The highest BCUT2D eigenvalue weighted by atomic mass is 16.8. The predicted octanol–water partition coefficient (Wildman–Crippen LogP) is 4.56. The minimum absolute atomic E-state index is 0.262. The highest BCUT2D eigenvalue weighted by Gasteiger charge is 2.52. The third kappa shape index (κ3) is 6.00. The molecule has 3 aromatic rings. The third-order valence-electron chi connectivity index (χ3n) is 6.21. The first kappa shape index (κ1) is 24.6. The summed E-state index contributed by atoms with van der Waals surface area (Å²) in [6.07, 6.45) is -3.82. The summed E-state index contributed by atoms with van der Waals surface area (Å²) in [5.74, 6) is -0.464. The van der Waals surface area contributed by atoms with Crippen molar-refractivity contribution in [3.05, 3.63) is 108 Å². The number of esters is 1. The van der Waals surface area contributed by atoms with E-state index in [4.69, 9.17) is 28.4 Å². The minimum Gasteiger partial charge on any atom is -0.433 e. The number of fused-ring (bicyclic) bond motifs is 1. The van der Waals surface area contributed by atoms with Gasteiger partial charge < -0.3 is 28.4 Å². The molecule has 2 fully saturated rings. The molecule has 5 rings (SSSR count). The molecule has 6 atom stereocenters. The maximum absolute atomic E-state index is 12.0. The lowest BCUT2D eigenvalue weighted by Gasteiger charge is -2.48. The second-order valence-corrected chi connectivity index (χ2v) is 8.85. The molecular weight excluding hydrogens is 460 g/mol. The molecule has 0 unspecified atom stereocenters. The van der Waals surface area contributed by atoms with E-state index in [2.05, 4.69) is 0 Å². The van der Waals surface area contributed by atoms with Gasteiger partial charge in [-0.1, -0.05) is 91.0 Å². The maximum Gasteiger partial charge on any atom is 0.305 e. The molecule has 0 N–H and O–H groups in total. The van der Waals surface area contributed by atoms with Gasteiger partial charge in [0.15, 0.2) is 6.29 Å². The van der Waals surface area contributed by atoms with Crippen LogP contribution >= 0.6 is 0 Å². The van der Waals surface area contributed by atoms with Gasteiger partial charge in [-0.25, -0.2) is 0 Å². The van der Waals surface area contributed by atoms with Crippen LogP contribution in [-0.4, -0.2) is 43.3 Å². The summed E-state index contributed by atoms with van der Waals surface area (Å²) in [7, 11) is 0. The molecule has 0 bridgehead atoms. The molecule has 3 aromatic carbocycles. The Morgan fingerprint density at radius 2 is 1.33 bits per heavy atom. The summed E-state index contributed by atoms with van der Waals surface area (Å²) >= 11 is 0. The van der Waals surface area contributed by atoms with Crippen molar-refractivity contribution in [3.8, 4) is 0 Å². The summed E-state index contributed by atoms with van der Waals surface area (Å²) in [4.78, 5) is 12.0. The lowest BCUT2D eigenvalue weighted by molar-refractivity contribution is -0.366. The van der Waals surface area contributed by atoms with E-state index in [1.54, 1.807) is 0 Å². The summed E-state index contributed by atoms with van der Waals surface area (Å²) in [6, 6.07) is 29.4. The normalized spacial score (nSPS) is 27.7. The molecule has 7 nitrogen and oxygen atoms in total. The van der Waals surface area contributed by atoms with Gasteiger partial charge in [0.05, 0.1) is 19.8 Å². The van der Waals surface area contributed by atoms with E-state index in [9.17, 15) is 4.79 Å². The van der Waals surface area contributed by atoms with Crippen LogP contribution in [0.2, 0.25) is 0 Å². The van der Waals surface area contributed by atoms with Crippen LogP contribution < -0.4 is 0 Å². The van der Waals surface area contributed by atoms with Crippen LogP contribution in [-0.2, 0) is 46.4 Å². The van der Waals surface area contributed by atoms with E-state index in [0.29, 0.717) is 13.2 Å². The fourth-order valence-electron chi connectivity index (χ4n) is 4.48. The lowest BCUT2D eigenvalue weighted by atomic mass is 9.97. The SMILES string of the molecule is CC(=O)O[C@@H]1O[C@@H]2CO[C@@H](c3ccccc3)O[C@H]2[C@H](OCc2ccccc2)[C@@H]1OCc1ccccc1. The Labute approximate surface area is 210 Å². The molecule has 0 spiro atoms. The fraction of sp³-hybridized carbons (Fsp3) is 0.345. The van der Waals surface area contributed by atoms with E-state index in [1.807, 2.05) is 91.0 Å². The maximum atomic E-state index is 12.0. The molecule has 0 saturated carbocycles. The smallest absolute Gasteiger partial charge is 0.305 e. The number of hydrogen-bond acceptors (Lipinski definition) is 7. The first-order valence-corrected chi connectivity index (χ1v) is 12.1. The number of carbonyl (C=O) groups is 1. The number of benzene rings is 3. The Bertz CT molecular complexity index is 1090. The van der Waals surface area contributed by atoms with Gasteiger partial charge in [0.25, 0.3) is 0 Å². The van der Waals surface area contributed by atoms with Crippen molar-refractivity contribution in [2.45, 2.75) is 57.1 Å². The van der Waals surface area contributed by atoms with Crippen LogP contribution in [0.5, 0.6) is 0 Å². The van der Waals surface area contributed by atoms with Gasteiger partial charge in [0.2, 0.25) is 6.29 Å². The van der Waals surface area contributed by atoms with E-state index in [0.717, 1.165) is 16.7 Å². The third-order valence-corrected chi connectivity index (χ3v) is 6.21. The van der Waals surface area contributed by atoms with Gasteiger partial charge in [-0.15, -0.1) is 0 Å². The second-order valence-electron chi connectivity index (χ2n) is 8.85. The number of hydrogen-bond donors (Lipinski definition) is 0. The molecule has 2 saturated heterocycles. The molecule has 0 amide bonds. The average molecular weight is 491 g/mol. The number of carbonyl (C=O) groups excluding carboxylic acids is 1. The standard InChI is InChI=1S/C29H30O7/c1-20(30)34-29-27(32-18-22-13-7-3-8-14-22)26(31-17-21-11-5-2-6-12-21)25-24(35-29)19-33-28(36-25)23-15-9-4-10-16-23/h2-16,24-29H,17-19H2,1H3/t24-,25-,26+,27+,28-,29-/m1/s1. The predicted molar refractivity (Wildman–Crippen MR) is 130 cm³/mol. The second kappa shape index (κ2) is 11.8. The highest BCUT2D eigenvalue weighted by molar-refractivity contribution is 5.66. The zero-order valence-electron chi connectivity index (χ0n) is 20.1. The Balaban J connectivity index is 1.42. The molecule has 0 aliphatic carbocycles. The van der Waals surface area contributed by atoms with Crippen molar-refractivity contribution >= 4 is 5.97 Å². The van der Waals surface area contributed by atoms with Crippen molar-refractivity contribution in [1.82, 2.24) is 0 Å². The van der Waals surface area contributed by atoms with Crippen molar-refractivity contribution in [2.75, 3.05) is 6.61 Å². The van der Waals surface area contributed by atoms with Gasteiger partial charge in [0, 0.05) is 12.5 Å². The minimum atomic E-state index is -0.964. The average Bonchev–Trinajstić information content (AvgIpc) is 2.92. The summed E-state index contributed by atoms with van der Waals surface area (Å²) < 4.78 is 36.9. The van der Waals surface area contributed by atoms with E-state index in [-0.39, 0.29) is 6.61 Å². The zero-order valence-corrected chi connectivity index (χ0v) is 20.1. The van der Waals surface area contributed by atoms with Crippen molar-refractivity contribution in [1.29, 1.82) is 0 Å². The van der Waals surface area contributed by atoms with Crippen LogP contribution in [0.25, 0.3) is 0 Å². The molecule has 7 heteroatoms. The van der Waals surface area contributed by atoms with Crippen LogP contribution in [0.4, 0.5) is 0 Å². The molecule has 2 aliphatic heterocycles. The van der Waals surface area contributed by atoms with Gasteiger partial charge in [0.1, 0.15) is 24.4 Å². The first-order chi connectivity index (χ1) is 17.7. The highest BCUT2D eigenvalue weighted by Crippen LogP contribution is 2.37. The largest absolute Gasteiger partial charge is 0.433 e. The van der Waals surface area contributed by atoms with Crippen molar-refractivity contribution in [3.63, 3.8) is 0 Å². The zero-order chi connectivity index (χ0) is 24.7. The van der Waals surface area contributed by atoms with E-state index < -0.39 is 43.0 Å². The van der Waals surface area contributed by atoms with E-state index >= 15 is 0 Å². The molecule has 188 valence electrons. The Hall–Kier alpha value is -3.07. The Kier molecular flexibility index (Phi) is 8.05. The van der Waals surface area contributed by atoms with Gasteiger partial charge in [-0.3, -0.25) is 4.79 Å². The van der Waals surface area contributed by atoms with Gasteiger partial charge in [-0.05, 0) is 11.1 Å². The Morgan fingerprint density at radius 3 is 1.92 bits per heavy atom. The molecular formula is C29H30O7. The van der Waals surface area contributed by atoms with E-state index in [1.165, 1.54) is 6.92 Å². The topological polar surface area (TPSA) is 72.5 Å².